The number of rotatable bonds is 3. The summed E-state index contributed by atoms with van der Waals surface area (Å²) < 4.78 is 1.37. The van der Waals surface area contributed by atoms with E-state index in [0.717, 1.165) is 4.57 Å². The molecule has 0 radical (unpaired) electrons. The van der Waals surface area contributed by atoms with Crippen molar-refractivity contribution in [1.29, 1.82) is 5.26 Å². The van der Waals surface area contributed by atoms with E-state index in [0.29, 0.717) is 13.0 Å². The topological polar surface area (TPSA) is 79.8 Å². The van der Waals surface area contributed by atoms with Gasteiger partial charge in [0.05, 0.1) is 0 Å². The first-order valence-corrected chi connectivity index (χ1v) is 6.37. The number of alkyl halides is 2. The van der Waals surface area contributed by atoms with Crippen LogP contribution in [0.15, 0.2) is 9.59 Å². The lowest BCUT2D eigenvalue weighted by atomic mass is 10.3. The molecule has 0 aliphatic heterocycles. The van der Waals surface area contributed by atoms with Crippen LogP contribution in [0.1, 0.15) is 12.0 Å². The van der Waals surface area contributed by atoms with E-state index in [9.17, 15) is 9.59 Å². The van der Waals surface area contributed by atoms with E-state index in [1.54, 1.807) is 0 Å². The van der Waals surface area contributed by atoms with Gasteiger partial charge in [-0.1, -0.05) is 0 Å². The second-order valence-corrected chi connectivity index (χ2v) is 6.13. The molecule has 0 amide bonds. The van der Waals surface area contributed by atoms with Gasteiger partial charge in [0.1, 0.15) is 16.2 Å². The highest BCUT2D eigenvalue weighted by atomic mass is 35.5. The van der Waals surface area contributed by atoms with E-state index in [1.807, 2.05) is 6.07 Å². The van der Waals surface area contributed by atoms with E-state index in [-0.39, 0.29) is 17.3 Å². The third-order valence-electron chi connectivity index (χ3n) is 3.25. The number of halogens is 2. The summed E-state index contributed by atoms with van der Waals surface area (Å²) in [7, 11) is 2.82. The molecule has 0 unspecified atom stereocenters. The lowest BCUT2D eigenvalue weighted by Gasteiger charge is -2.13. The lowest BCUT2D eigenvalue weighted by molar-refractivity contribution is 0.682. The highest BCUT2D eigenvalue weighted by molar-refractivity contribution is 6.50. The zero-order chi connectivity index (χ0) is 14.4. The van der Waals surface area contributed by atoms with Gasteiger partial charge in [-0.15, -0.1) is 23.2 Å². The molecule has 0 bridgehead atoms. The van der Waals surface area contributed by atoms with Crippen LogP contribution < -0.4 is 16.6 Å². The molecule has 1 aromatic heterocycles. The van der Waals surface area contributed by atoms with Gasteiger partial charge in [-0.2, -0.15) is 5.26 Å². The second kappa shape index (κ2) is 4.58. The first kappa shape index (κ1) is 14.0. The van der Waals surface area contributed by atoms with Crippen molar-refractivity contribution in [3.63, 3.8) is 0 Å². The van der Waals surface area contributed by atoms with E-state index in [4.69, 9.17) is 28.5 Å². The zero-order valence-corrected chi connectivity index (χ0v) is 11.9. The van der Waals surface area contributed by atoms with E-state index in [2.05, 4.69) is 5.32 Å². The van der Waals surface area contributed by atoms with Gasteiger partial charge >= 0.3 is 5.69 Å². The molecule has 1 fully saturated rings. The Morgan fingerprint density at radius 3 is 2.47 bits per heavy atom. The molecule has 102 valence electrons. The summed E-state index contributed by atoms with van der Waals surface area (Å²) in [5.41, 5.74) is -1.21. The smallest absolute Gasteiger partial charge is 0.332 e. The summed E-state index contributed by atoms with van der Waals surface area (Å²) in [6.07, 6.45) is 0.643. The summed E-state index contributed by atoms with van der Waals surface area (Å²) in [6, 6.07) is 1.82. The normalized spacial score (nSPS) is 19.8. The highest BCUT2D eigenvalue weighted by Gasteiger charge is 2.51. The molecule has 0 saturated heterocycles. The van der Waals surface area contributed by atoms with Crippen molar-refractivity contribution in [3.8, 4) is 6.07 Å². The summed E-state index contributed by atoms with van der Waals surface area (Å²) in [5.74, 6) is 0.244. The number of hydrogen-bond acceptors (Lipinski definition) is 4. The van der Waals surface area contributed by atoms with Crippen LogP contribution in [-0.2, 0) is 14.1 Å². The fourth-order valence-electron chi connectivity index (χ4n) is 1.86. The molecule has 8 heteroatoms. The molecule has 1 heterocycles. The minimum Gasteiger partial charge on any atom is -0.370 e. The van der Waals surface area contributed by atoms with E-state index in [1.165, 1.54) is 18.7 Å². The molecule has 2 rings (SSSR count). The summed E-state index contributed by atoms with van der Waals surface area (Å²) in [5, 5.41) is 12.0. The molecule has 19 heavy (non-hydrogen) atoms. The Balaban J connectivity index is 2.38. The van der Waals surface area contributed by atoms with Crippen LogP contribution in [0.3, 0.4) is 0 Å². The Labute approximate surface area is 119 Å². The van der Waals surface area contributed by atoms with Crippen molar-refractivity contribution in [2.75, 3.05) is 11.9 Å². The summed E-state index contributed by atoms with van der Waals surface area (Å²) >= 11 is 11.8. The van der Waals surface area contributed by atoms with Crippen LogP contribution in [0.4, 0.5) is 5.82 Å². The molecule has 1 atom stereocenters. The maximum Gasteiger partial charge on any atom is 0.332 e. The molecule has 6 nitrogen and oxygen atoms in total. The minimum atomic E-state index is -0.752. The molecule has 1 aromatic rings. The van der Waals surface area contributed by atoms with Crippen molar-refractivity contribution in [2.45, 2.75) is 10.8 Å². The van der Waals surface area contributed by atoms with Crippen LogP contribution in [0.5, 0.6) is 0 Å². The Bertz CT molecular complexity index is 684. The van der Waals surface area contributed by atoms with Crippen LogP contribution in [0.25, 0.3) is 0 Å². The molecule has 1 aliphatic carbocycles. The number of aromatic nitrogens is 2. The Morgan fingerprint density at radius 2 is 2.00 bits per heavy atom. The SMILES string of the molecule is Cn1c(NC[C@@H]2CC2(Cl)Cl)c(C#N)c(=O)n(C)c1=O. The maximum absolute atomic E-state index is 11.8. The molecular formula is C11H12Cl2N4O2. The number of nitrogens with one attached hydrogen (secondary N) is 1. The molecule has 1 saturated carbocycles. The number of nitrogens with zero attached hydrogens (tertiary/aromatic N) is 3. The van der Waals surface area contributed by atoms with Gasteiger partial charge in [-0.25, -0.2) is 4.79 Å². The van der Waals surface area contributed by atoms with Crippen molar-refractivity contribution >= 4 is 29.0 Å². The summed E-state index contributed by atoms with van der Waals surface area (Å²) in [4.78, 5) is 23.6. The third kappa shape index (κ3) is 2.36. The Morgan fingerprint density at radius 1 is 1.42 bits per heavy atom. The quantitative estimate of drug-likeness (QED) is 0.828. The fraction of sp³-hybridized carbons (Fsp3) is 0.545. The van der Waals surface area contributed by atoms with E-state index < -0.39 is 15.6 Å². The zero-order valence-electron chi connectivity index (χ0n) is 10.4. The van der Waals surface area contributed by atoms with Crippen molar-refractivity contribution in [2.24, 2.45) is 20.0 Å². The number of nitriles is 1. The number of hydrogen-bond donors (Lipinski definition) is 1. The van der Waals surface area contributed by atoms with Crippen LogP contribution in [0, 0.1) is 17.2 Å². The largest absolute Gasteiger partial charge is 0.370 e. The average molecular weight is 303 g/mol. The Kier molecular flexibility index (Phi) is 3.37. The molecule has 1 aliphatic rings. The first-order valence-electron chi connectivity index (χ1n) is 5.61. The molecule has 0 spiro atoms. The predicted molar refractivity (Wildman–Crippen MR) is 72.7 cm³/mol. The third-order valence-corrected chi connectivity index (χ3v) is 4.17. The van der Waals surface area contributed by atoms with Gasteiger partial charge < -0.3 is 5.32 Å². The predicted octanol–water partition coefficient (Wildman–Crippen LogP) is 0.561. The van der Waals surface area contributed by atoms with Gasteiger partial charge in [-0.05, 0) is 6.42 Å². The van der Waals surface area contributed by atoms with Gasteiger partial charge in [0.15, 0.2) is 5.56 Å². The number of anilines is 1. The van der Waals surface area contributed by atoms with Gasteiger partial charge in [0.2, 0.25) is 0 Å². The van der Waals surface area contributed by atoms with Crippen LogP contribution in [0.2, 0.25) is 0 Å². The standard InChI is InChI=1S/C11H12Cl2N4O2/c1-16-8(15-5-6-3-11(6,12)13)7(4-14)9(18)17(2)10(16)19/h6,15H,3,5H2,1-2H3/t6-/m0/s1. The van der Waals surface area contributed by atoms with Crippen molar-refractivity contribution in [3.05, 3.63) is 26.4 Å². The van der Waals surface area contributed by atoms with Crippen LogP contribution >= 0.6 is 23.2 Å². The highest BCUT2D eigenvalue weighted by Crippen LogP contribution is 2.52. The first-order chi connectivity index (χ1) is 8.79. The van der Waals surface area contributed by atoms with Gasteiger partial charge in [0, 0.05) is 26.6 Å². The lowest BCUT2D eigenvalue weighted by Crippen LogP contribution is -2.40. The molecule has 0 aromatic carbocycles. The van der Waals surface area contributed by atoms with E-state index >= 15 is 0 Å². The van der Waals surface area contributed by atoms with Gasteiger partial charge in [-0.3, -0.25) is 13.9 Å². The Hall–Kier alpha value is -1.45. The monoisotopic (exact) mass is 302 g/mol. The van der Waals surface area contributed by atoms with Gasteiger partial charge in [0.25, 0.3) is 5.56 Å². The second-order valence-electron chi connectivity index (χ2n) is 4.58. The molecule has 1 N–H and O–H groups in total. The minimum absolute atomic E-state index is 0.0431. The van der Waals surface area contributed by atoms with Crippen molar-refractivity contribution < 1.29 is 0 Å². The van der Waals surface area contributed by atoms with Crippen LogP contribution in [-0.4, -0.2) is 20.0 Å². The summed E-state index contributed by atoms with van der Waals surface area (Å²) in [6.45, 7) is 0.405. The van der Waals surface area contributed by atoms with Crippen molar-refractivity contribution in [1.82, 2.24) is 9.13 Å². The average Bonchev–Trinajstić information content (AvgIpc) is 2.97. The fourth-order valence-corrected chi connectivity index (χ4v) is 2.39. The maximum atomic E-state index is 11.8. The molecular weight excluding hydrogens is 291 g/mol.